The Kier molecular flexibility index (Phi) is 7.82. The summed E-state index contributed by atoms with van der Waals surface area (Å²) < 4.78 is 1.58. The quantitative estimate of drug-likeness (QED) is 0.519. The lowest BCUT2D eigenvalue weighted by Crippen LogP contribution is -2.27. The summed E-state index contributed by atoms with van der Waals surface area (Å²) >= 11 is 0. The van der Waals surface area contributed by atoms with Crippen LogP contribution in [0, 0.1) is 5.92 Å². The Labute approximate surface area is 148 Å². The smallest absolute Gasteiger partial charge is 0.349 e. The van der Waals surface area contributed by atoms with Crippen molar-refractivity contribution in [3.8, 4) is 0 Å². The third kappa shape index (κ3) is 6.44. The van der Waals surface area contributed by atoms with Gasteiger partial charge in [0.05, 0.1) is 5.92 Å². The third-order valence-corrected chi connectivity index (χ3v) is 4.91. The van der Waals surface area contributed by atoms with Crippen molar-refractivity contribution >= 4 is 17.4 Å². The van der Waals surface area contributed by atoms with Crippen molar-refractivity contribution in [2.45, 2.75) is 77.2 Å². The topological polar surface area (TPSA) is 95.0 Å². The lowest BCUT2D eigenvalue weighted by Gasteiger charge is -2.19. The van der Waals surface area contributed by atoms with E-state index in [4.69, 9.17) is 5.73 Å². The summed E-state index contributed by atoms with van der Waals surface area (Å²) in [4.78, 5) is 39.1. The normalized spacial score (nSPS) is 17.6. The molecule has 0 spiro atoms. The van der Waals surface area contributed by atoms with Crippen molar-refractivity contribution in [2.75, 3.05) is 5.73 Å². The predicted molar refractivity (Wildman–Crippen MR) is 97.2 cm³/mol. The molecule has 0 aliphatic heterocycles. The monoisotopic (exact) mass is 347 g/mol. The number of aromatic nitrogens is 2. The van der Waals surface area contributed by atoms with Crippen LogP contribution >= 0.6 is 0 Å². The van der Waals surface area contributed by atoms with Gasteiger partial charge in [0.15, 0.2) is 0 Å². The molecule has 25 heavy (non-hydrogen) atoms. The zero-order valence-corrected chi connectivity index (χ0v) is 14.9. The Morgan fingerprint density at radius 3 is 2.56 bits per heavy atom. The van der Waals surface area contributed by atoms with E-state index in [1.54, 1.807) is 16.8 Å². The Balaban J connectivity index is 1.51. The number of nitrogens with zero attached hydrogens (tertiary/aromatic N) is 2. The van der Waals surface area contributed by atoms with E-state index in [9.17, 15) is 14.4 Å². The van der Waals surface area contributed by atoms with Crippen molar-refractivity contribution < 1.29 is 9.59 Å². The van der Waals surface area contributed by atoms with E-state index >= 15 is 0 Å². The molecule has 0 aromatic carbocycles. The second-order valence-electron chi connectivity index (χ2n) is 6.93. The molecule has 1 aromatic rings. The van der Waals surface area contributed by atoms with E-state index in [0.717, 1.165) is 57.8 Å². The highest BCUT2D eigenvalue weighted by atomic mass is 16.2. The molecule has 1 aromatic heterocycles. The summed E-state index contributed by atoms with van der Waals surface area (Å²) in [6, 6.07) is 1.63. The fourth-order valence-electron chi connectivity index (χ4n) is 3.40. The van der Waals surface area contributed by atoms with Gasteiger partial charge in [-0.1, -0.05) is 32.1 Å². The molecule has 0 saturated heterocycles. The maximum atomic E-state index is 12.1. The molecule has 0 bridgehead atoms. The van der Waals surface area contributed by atoms with Gasteiger partial charge in [0, 0.05) is 25.6 Å². The number of rotatable bonds is 10. The molecule has 1 aliphatic carbocycles. The molecule has 0 radical (unpaired) electrons. The molecule has 1 fully saturated rings. The highest BCUT2D eigenvalue weighted by Gasteiger charge is 2.27. The van der Waals surface area contributed by atoms with Gasteiger partial charge in [-0.2, -0.15) is 4.98 Å². The van der Waals surface area contributed by atoms with Crippen molar-refractivity contribution in [1.82, 2.24) is 9.55 Å². The Hall–Kier alpha value is -1.98. The Morgan fingerprint density at radius 2 is 1.84 bits per heavy atom. The van der Waals surface area contributed by atoms with Crippen LogP contribution in [0.5, 0.6) is 0 Å². The highest BCUT2D eigenvalue weighted by molar-refractivity contribution is 6.02. The van der Waals surface area contributed by atoms with Crippen molar-refractivity contribution in [3.63, 3.8) is 0 Å². The second-order valence-corrected chi connectivity index (χ2v) is 6.93. The Morgan fingerprint density at radius 1 is 1.12 bits per heavy atom. The lowest BCUT2D eigenvalue weighted by molar-refractivity contribution is -0.134. The minimum Gasteiger partial charge on any atom is -0.383 e. The van der Waals surface area contributed by atoms with Gasteiger partial charge in [-0.25, -0.2) is 4.79 Å². The first-order valence-corrected chi connectivity index (χ1v) is 9.46. The van der Waals surface area contributed by atoms with Crippen LogP contribution in [0.1, 0.15) is 70.6 Å². The van der Waals surface area contributed by atoms with Gasteiger partial charge >= 0.3 is 5.69 Å². The van der Waals surface area contributed by atoms with Gasteiger partial charge < -0.3 is 5.73 Å². The number of anilines is 1. The molecular formula is C19H29N3O3. The average molecular weight is 347 g/mol. The van der Waals surface area contributed by atoms with Crippen molar-refractivity contribution in [2.24, 2.45) is 5.92 Å². The molecule has 0 amide bonds. The summed E-state index contributed by atoms with van der Waals surface area (Å²) in [5.41, 5.74) is 5.16. The highest BCUT2D eigenvalue weighted by Crippen LogP contribution is 2.23. The third-order valence-electron chi connectivity index (χ3n) is 4.91. The number of Topliss-reactive ketones (excluding diaryl/α,β-unsaturated/α-hetero) is 2. The van der Waals surface area contributed by atoms with Gasteiger partial charge in [0.25, 0.3) is 0 Å². The zero-order valence-electron chi connectivity index (χ0n) is 14.9. The number of carbonyl (C=O) groups excluding carboxylic acids is 2. The summed E-state index contributed by atoms with van der Waals surface area (Å²) in [5.74, 6) is 0.259. The van der Waals surface area contributed by atoms with E-state index in [2.05, 4.69) is 4.98 Å². The van der Waals surface area contributed by atoms with E-state index in [1.807, 2.05) is 0 Å². The van der Waals surface area contributed by atoms with E-state index < -0.39 is 0 Å². The molecule has 1 atom stereocenters. The van der Waals surface area contributed by atoms with Gasteiger partial charge in [-0.15, -0.1) is 0 Å². The maximum absolute atomic E-state index is 12.1. The molecule has 6 nitrogen and oxygen atoms in total. The van der Waals surface area contributed by atoms with Crippen LogP contribution in [0.2, 0.25) is 0 Å². The molecule has 1 unspecified atom stereocenters. The largest absolute Gasteiger partial charge is 0.383 e. The number of ketones is 2. The van der Waals surface area contributed by atoms with E-state index in [-0.39, 0.29) is 29.0 Å². The summed E-state index contributed by atoms with van der Waals surface area (Å²) in [7, 11) is 0. The SMILES string of the molecule is Nc1ccn(CCCCCCCCC(=O)C2CCCCC2=O)c(=O)n1. The van der Waals surface area contributed by atoms with Crippen molar-refractivity contribution in [1.29, 1.82) is 0 Å². The first-order valence-electron chi connectivity index (χ1n) is 9.46. The summed E-state index contributed by atoms with van der Waals surface area (Å²) in [6.07, 6.45) is 11.6. The number of aryl methyl sites for hydroxylation is 1. The molecule has 1 aliphatic rings. The molecule has 138 valence electrons. The number of unbranched alkanes of at least 4 members (excludes halogenated alkanes) is 5. The zero-order chi connectivity index (χ0) is 18.1. The molecule has 1 saturated carbocycles. The number of nitrogen functional groups attached to an aromatic ring is 1. The maximum Gasteiger partial charge on any atom is 0.349 e. The van der Waals surface area contributed by atoms with Crippen LogP contribution in [0.15, 0.2) is 17.1 Å². The second kappa shape index (κ2) is 10.1. The molecule has 2 rings (SSSR count). The summed E-state index contributed by atoms with van der Waals surface area (Å²) in [5, 5.41) is 0. The van der Waals surface area contributed by atoms with Crippen LogP contribution in [0.4, 0.5) is 5.82 Å². The summed E-state index contributed by atoms with van der Waals surface area (Å²) in [6.45, 7) is 0.661. The van der Waals surface area contributed by atoms with E-state index in [1.165, 1.54) is 0 Å². The molecule has 6 heteroatoms. The van der Waals surface area contributed by atoms with Crippen LogP contribution < -0.4 is 11.4 Å². The first kappa shape index (κ1) is 19.3. The lowest BCUT2D eigenvalue weighted by atomic mass is 9.83. The minimum atomic E-state index is -0.305. The number of nitrogens with two attached hydrogens (primary N) is 1. The van der Waals surface area contributed by atoms with Crippen LogP contribution in [-0.4, -0.2) is 21.1 Å². The predicted octanol–water partition coefficient (Wildman–Crippen LogP) is 2.88. The number of carbonyl (C=O) groups is 2. The number of hydrogen-bond acceptors (Lipinski definition) is 5. The first-order chi connectivity index (χ1) is 12.1. The van der Waals surface area contributed by atoms with Crippen LogP contribution in [0.3, 0.4) is 0 Å². The average Bonchev–Trinajstić information content (AvgIpc) is 2.59. The fraction of sp³-hybridized carbons (Fsp3) is 0.684. The van der Waals surface area contributed by atoms with Crippen LogP contribution in [-0.2, 0) is 16.1 Å². The molecule has 2 N–H and O–H groups in total. The van der Waals surface area contributed by atoms with Gasteiger partial charge in [0.2, 0.25) is 0 Å². The molecule has 1 heterocycles. The minimum absolute atomic E-state index is 0.153. The fourth-order valence-corrected chi connectivity index (χ4v) is 3.40. The number of hydrogen-bond donors (Lipinski definition) is 1. The van der Waals surface area contributed by atoms with Gasteiger partial charge in [-0.3, -0.25) is 14.2 Å². The van der Waals surface area contributed by atoms with Gasteiger partial charge in [0.1, 0.15) is 17.4 Å². The standard InChI is InChI=1S/C19H29N3O3/c20-18-12-14-22(19(25)21-18)13-8-4-2-1-3-5-10-16(23)15-9-6-7-11-17(15)24/h12,14-15H,1-11,13H2,(H2,20,21,25). The van der Waals surface area contributed by atoms with Crippen molar-refractivity contribution in [3.05, 3.63) is 22.7 Å². The Bertz CT molecular complexity index is 639. The van der Waals surface area contributed by atoms with E-state index in [0.29, 0.717) is 19.4 Å². The molecular weight excluding hydrogens is 318 g/mol. The van der Waals surface area contributed by atoms with Gasteiger partial charge in [-0.05, 0) is 31.7 Å². The van der Waals surface area contributed by atoms with Crippen LogP contribution in [0.25, 0.3) is 0 Å².